The molecule has 9 nitrogen and oxygen atoms in total. The highest BCUT2D eigenvalue weighted by Crippen LogP contribution is 2.16. The second-order valence-electron chi connectivity index (χ2n) is 6.19. The van der Waals surface area contributed by atoms with Crippen LogP contribution in [0.5, 0.6) is 0 Å². The molecule has 0 atom stereocenters. The molecule has 0 aliphatic carbocycles. The van der Waals surface area contributed by atoms with E-state index in [1.165, 1.54) is 13.4 Å². The second kappa shape index (κ2) is 8.15. The summed E-state index contributed by atoms with van der Waals surface area (Å²) in [6.45, 7) is 5.79. The number of hydrogen-bond acceptors (Lipinski definition) is 8. The number of methoxy groups -OCH3 is 1. The number of hydrogen-bond donors (Lipinski definition) is 1. The van der Waals surface area contributed by atoms with Gasteiger partial charge in [0.15, 0.2) is 5.82 Å². The van der Waals surface area contributed by atoms with Gasteiger partial charge in [-0.3, -0.25) is 14.6 Å². The zero-order chi connectivity index (χ0) is 18.5. The lowest BCUT2D eigenvalue weighted by Gasteiger charge is -2.34. The SMILES string of the molecule is COC(=O)c1occc1CN1CCN(CC(=O)Nc2cc(C)on2)CC1. The van der Waals surface area contributed by atoms with Gasteiger partial charge in [-0.05, 0) is 13.0 Å². The number of piperazine rings is 1. The molecule has 1 amide bonds. The molecule has 0 aromatic carbocycles. The number of esters is 1. The molecule has 0 saturated carbocycles. The lowest BCUT2D eigenvalue weighted by molar-refractivity contribution is -0.117. The number of ether oxygens (including phenoxy) is 1. The first-order valence-corrected chi connectivity index (χ1v) is 8.37. The van der Waals surface area contributed by atoms with Gasteiger partial charge in [0, 0.05) is 44.4 Å². The topological polar surface area (TPSA) is 101 Å². The van der Waals surface area contributed by atoms with Gasteiger partial charge in [0.05, 0.1) is 19.9 Å². The van der Waals surface area contributed by atoms with Crippen molar-refractivity contribution in [2.75, 3.05) is 45.2 Å². The molecule has 0 spiro atoms. The molecule has 26 heavy (non-hydrogen) atoms. The van der Waals surface area contributed by atoms with Gasteiger partial charge in [-0.15, -0.1) is 0 Å². The van der Waals surface area contributed by atoms with Crippen LogP contribution < -0.4 is 5.32 Å². The number of anilines is 1. The lowest BCUT2D eigenvalue weighted by Crippen LogP contribution is -2.48. The molecule has 0 bridgehead atoms. The molecular weight excluding hydrogens is 340 g/mol. The van der Waals surface area contributed by atoms with Gasteiger partial charge in [-0.2, -0.15) is 0 Å². The molecule has 140 valence electrons. The van der Waals surface area contributed by atoms with Crippen LogP contribution in [0.3, 0.4) is 0 Å². The van der Waals surface area contributed by atoms with Crippen LogP contribution in [0.4, 0.5) is 5.82 Å². The third-order valence-corrected chi connectivity index (χ3v) is 4.24. The molecule has 9 heteroatoms. The van der Waals surface area contributed by atoms with Crippen LogP contribution in [0.2, 0.25) is 0 Å². The third kappa shape index (κ3) is 4.50. The maximum Gasteiger partial charge on any atom is 0.374 e. The van der Waals surface area contributed by atoms with Crippen molar-refractivity contribution in [2.24, 2.45) is 0 Å². The Balaban J connectivity index is 1.45. The minimum Gasteiger partial charge on any atom is -0.463 e. The summed E-state index contributed by atoms with van der Waals surface area (Å²) in [7, 11) is 1.33. The number of amides is 1. The largest absolute Gasteiger partial charge is 0.463 e. The summed E-state index contributed by atoms with van der Waals surface area (Å²) in [6.07, 6.45) is 1.49. The van der Waals surface area contributed by atoms with Gasteiger partial charge in [0.1, 0.15) is 5.76 Å². The van der Waals surface area contributed by atoms with E-state index in [4.69, 9.17) is 13.7 Å². The number of aryl methyl sites for hydroxylation is 1. The molecule has 3 heterocycles. The number of carbonyl (C=O) groups excluding carboxylic acids is 2. The standard InChI is InChI=1S/C17H22N4O5/c1-12-9-14(19-26-12)18-15(22)11-21-6-4-20(5-7-21)10-13-3-8-25-16(13)17(23)24-2/h3,8-9H,4-7,10-11H2,1-2H3,(H,18,19,22). The molecule has 1 N–H and O–H groups in total. The van der Waals surface area contributed by atoms with Gasteiger partial charge in [-0.25, -0.2) is 4.79 Å². The summed E-state index contributed by atoms with van der Waals surface area (Å²) in [4.78, 5) is 28.0. The number of furan rings is 1. The van der Waals surface area contributed by atoms with Crippen molar-refractivity contribution in [2.45, 2.75) is 13.5 Å². The van der Waals surface area contributed by atoms with Crippen molar-refractivity contribution in [1.82, 2.24) is 15.0 Å². The average molecular weight is 362 g/mol. The van der Waals surface area contributed by atoms with Gasteiger partial charge >= 0.3 is 5.97 Å². The maximum absolute atomic E-state index is 12.1. The predicted octanol–water partition coefficient (Wildman–Crippen LogP) is 1.12. The van der Waals surface area contributed by atoms with E-state index in [2.05, 4.69) is 20.3 Å². The van der Waals surface area contributed by atoms with Gasteiger partial charge in [0.25, 0.3) is 0 Å². The first-order chi connectivity index (χ1) is 12.5. The highest BCUT2D eigenvalue weighted by Gasteiger charge is 2.22. The molecule has 3 rings (SSSR count). The van der Waals surface area contributed by atoms with E-state index in [-0.39, 0.29) is 11.7 Å². The van der Waals surface area contributed by atoms with E-state index in [1.54, 1.807) is 19.1 Å². The first kappa shape index (κ1) is 18.2. The Morgan fingerprint density at radius 2 is 2.00 bits per heavy atom. The van der Waals surface area contributed by atoms with Crippen LogP contribution in [0, 0.1) is 6.92 Å². The van der Waals surface area contributed by atoms with Gasteiger partial charge < -0.3 is 19.0 Å². The fourth-order valence-electron chi connectivity index (χ4n) is 2.89. The summed E-state index contributed by atoms with van der Waals surface area (Å²) < 4.78 is 14.9. The Bertz CT molecular complexity index is 761. The number of nitrogens with zero attached hydrogens (tertiary/aromatic N) is 3. The van der Waals surface area contributed by atoms with E-state index in [0.29, 0.717) is 24.7 Å². The maximum atomic E-state index is 12.1. The molecule has 1 aliphatic heterocycles. The lowest BCUT2D eigenvalue weighted by atomic mass is 10.2. The van der Waals surface area contributed by atoms with E-state index in [9.17, 15) is 9.59 Å². The Morgan fingerprint density at radius 3 is 2.65 bits per heavy atom. The summed E-state index contributed by atoms with van der Waals surface area (Å²) >= 11 is 0. The van der Waals surface area contributed by atoms with Gasteiger partial charge in [-0.1, -0.05) is 5.16 Å². The highest BCUT2D eigenvalue weighted by molar-refractivity contribution is 5.91. The second-order valence-corrected chi connectivity index (χ2v) is 6.19. The molecule has 1 fully saturated rings. The van der Waals surface area contributed by atoms with Crippen molar-refractivity contribution in [3.8, 4) is 0 Å². The molecule has 2 aromatic rings. The molecule has 2 aromatic heterocycles. The van der Waals surface area contributed by atoms with Crippen molar-refractivity contribution in [3.63, 3.8) is 0 Å². The third-order valence-electron chi connectivity index (χ3n) is 4.24. The quantitative estimate of drug-likeness (QED) is 0.763. The number of aromatic nitrogens is 1. The van der Waals surface area contributed by atoms with Crippen molar-refractivity contribution in [1.29, 1.82) is 0 Å². The van der Waals surface area contributed by atoms with Crippen molar-refractivity contribution < 1.29 is 23.3 Å². The smallest absolute Gasteiger partial charge is 0.374 e. The Kier molecular flexibility index (Phi) is 5.69. The van der Waals surface area contributed by atoms with E-state index in [1.807, 2.05) is 0 Å². The van der Waals surface area contributed by atoms with E-state index < -0.39 is 5.97 Å². The normalized spacial score (nSPS) is 15.8. The minimum absolute atomic E-state index is 0.116. The minimum atomic E-state index is -0.469. The monoisotopic (exact) mass is 362 g/mol. The van der Waals surface area contributed by atoms with Crippen LogP contribution in [0.1, 0.15) is 21.9 Å². The molecule has 1 saturated heterocycles. The van der Waals surface area contributed by atoms with Crippen LogP contribution >= 0.6 is 0 Å². The number of nitrogens with one attached hydrogen (secondary N) is 1. The molecule has 0 radical (unpaired) electrons. The zero-order valence-electron chi connectivity index (χ0n) is 14.9. The van der Waals surface area contributed by atoms with Crippen LogP contribution in [-0.4, -0.2) is 66.7 Å². The summed E-state index contributed by atoms with van der Waals surface area (Å²) in [5, 5.41) is 6.47. The molecular formula is C17H22N4O5. The zero-order valence-corrected chi connectivity index (χ0v) is 14.9. The summed E-state index contributed by atoms with van der Waals surface area (Å²) in [6, 6.07) is 3.46. The van der Waals surface area contributed by atoms with Crippen LogP contribution in [-0.2, 0) is 16.1 Å². The van der Waals surface area contributed by atoms with Crippen molar-refractivity contribution in [3.05, 3.63) is 35.5 Å². The summed E-state index contributed by atoms with van der Waals surface area (Å²) in [5.41, 5.74) is 0.810. The van der Waals surface area contributed by atoms with Crippen molar-refractivity contribution >= 4 is 17.7 Å². The van der Waals surface area contributed by atoms with Crippen LogP contribution in [0.25, 0.3) is 0 Å². The Labute approximate surface area is 150 Å². The van der Waals surface area contributed by atoms with Gasteiger partial charge in [0.2, 0.25) is 11.7 Å². The molecule has 0 unspecified atom stereocenters. The summed E-state index contributed by atoms with van der Waals surface area (Å²) in [5.74, 6) is 0.746. The Hall–Kier alpha value is -2.65. The Morgan fingerprint density at radius 1 is 1.27 bits per heavy atom. The predicted molar refractivity (Wildman–Crippen MR) is 91.6 cm³/mol. The van der Waals surface area contributed by atoms with E-state index in [0.717, 1.165) is 31.7 Å². The highest BCUT2D eigenvalue weighted by atomic mass is 16.5. The fourth-order valence-corrected chi connectivity index (χ4v) is 2.89. The number of rotatable bonds is 6. The molecule has 1 aliphatic rings. The number of carbonyl (C=O) groups is 2. The van der Waals surface area contributed by atoms with E-state index >= 15 is 0 Å². The van der Waals surface area contributed by atoms with Crippen LogP contribution in [0.15, 0.2) is 27.3 Å². The fraction of sp³-hybridized carbons (Fsp3) is 0.471. The average Bonchev–Trinajstić information content (AvgIpc) is 3.25. The first-order valence-electron chi connectivity index (χ1n) is 8.37.